The highest BCUT2D eigenvalue weighted by Crippen LogP contribution is 2.41. The molecule has 3 amide bonds. The minimum Gasteiger partial charge on any atom is -0.381 e. The molecule has 0 aliphatic carbocycles. The fraction of sp³-hybridized carbons (Fsp3) is 0.227. The molecular weight excluding hydrogens is 370 g/mol. The first kappa shape index (κ1) is 17.6. The zero-order valence-corrected chi connectivity index (χ0v) is 15.6. The molecule has 1 saturated heterocycles. The highest BCUT2D eigenvalue weighted by Gasteiger charge is 2.42. The molecule has 3 aliphatic heterocycles. The molecule has 2 aromatic rings. The summed E-state index contributed by atoms with van der Waals surface area (Å²) in [5.74, 6) is -0.746. The number of rotatable bonds is 1. The van der Waals surface area contributed by atoms with Crippen LogP contribution in [0.15, 0.2) is 54.2 Å². The van der Waals surface area contributed by atoms with E-state index in [0.29, 0.717) is 48.6 Å². The quantitative estimate of drug-likeness (QED) is 0.733. The fourth-order valence-electron chi connectivity index (χ4n) is 4.03. The predicted molar refractivity (Wildman–Crippen MR) is 108 cm³/mol. The third-order valence-corrected chi connectivity index (χ3v) is 5.49. The maximum absolute atomic E-state index is 13.3. The molecule has 1 fully saturated rings. The van der Waals surface area contributed by atoms with E-state index < -0.39 is 11.9 Å². The van der Waals surface area contributed by atoms with Crippen LogP contribution in [0.5, 0.6) is 0 Å². The number of nitrogens with one attached hydrogen (secondary N) is 2. The van der Waals surface area contributed by atoms with Crippen LogP contribution in [-0.2, 0) is 9.53 Å². The molecule has 146 valence electrons. The molecule has 0 radical (unpaired) electrons. The van der Waals surface area contributed by atoms with E-state index in [2.05, 4.69) is 10.6 Å². The van der Waals surface area contributed by atoms with Gasteiger partial charge in [-0.2, -0.15) is 0 Å². The Morgan fingerprint density at radius 3 is 2.45 bits per heavy atom. The number of amides is 3. The van der Waals surface area contributed by atoms with Crippen molar-refractivity contribution in [3.05, 3.63) is 65.4 Å². The van der Waals surface area contributed by atoms with Crippen molar-refractivity contribution >= 4 is 34.7 Å². The second-order valence-electron chi connectivity index (χ2n) is 7.24. The van der Waals surface area contributed by atoms with Gasteiger partial charge in [0.05, 0.1) is 11.3 Å². The normalized spacial score (nSPS) is 21.0. The topological polar surface area (TPSA) is 87.7 Å². The Kier molecular flexibility index (Phi) is 4.17. The van der Waals surface area contributed by atoms with Crippen LogP contribution < -0.4 is 15.5 Å². The number of ether oxygens (including phenoxy) is 1. The number of para-hydroxylation sites is 2. The molecule has 29 heavy (non-hydrogen) atoms. The number of ketones is 1. The van der Waals surface area contributed by atoms with Crippen LogP contribution in [0.4, 0.5) is 16.2 Å². The van der Waals surface area contributed by atoms with Crippen molar-refractivity contribution in [2.45, 2.75) is 18.9 Å². The van der Waals surface area contributed by atoms with Crippen molar-refractivity contribution in [2.75, 3.05) is 23.4 Å². The van der Waals surface area contributed by atoms with Crippen LogP contribution in [0, 0.1) is 0 Å². The third-order valence-electron chi connectivity index (χ3n) is 5.49. The first-order valence-electron chi connectivity index (χ1n) is 9.62. The summed E-state index contributed by atoms with van der Waals surface area (Å²) in [5, 5.41) is 6.00. The van der Waals surface area contributed by atoms with Gasteiger partial charge in [0.15, 0.2) is 0 Å². The lowest BCUT2D eigenvalue weighted by Gasteiger charge is -2.25. The van der Waals surface area contributed by atoms with Crippen molar-refractivity contribution in [1.82, 2.24) is 5.32 Å². The van der Waals surface area contributed by atoms with Crippen LogP contribution in [0.1, 0.15) is 28.8 Å². The van der Waals surface area contributed by atoms with E-state index in [1.807, 2.05) is 6.07 Å². The number of urea groups is 1. The molecule has 0 unspecified atom stereocenters. The maximum atomic E-state index is 13.3. The number of hydrogen-bond acceptors (Lipinski definition) is 5. The average Bonchev–Trinajstić information content (AvgIpc) is 3.22. The highest BCUT2D eigenvalue weighted by molar-refractivity contribution is 6.44. The number of imide groups is 1. The molecule has 3 heterocycles. The number of anilines is 2. The lowest BCUT2D eigenvalue weighted by molar-refractivity contribution is -0.112. The predicted octanol–water partition coefficient (Wildman–Crippen LogP) is 2.94. The minimum absolute atomic E-state index is 0.0385. The largest absolute Gasteiger partial charge is 0.381 e. The van der Waals surface area contributed by atoms with Crippen LogP contribution in [0.2, 0.25) is 0 Å². The van der Waals surface area contributed by atoms with E-state index >= 15 is 0 Å². The molecule has 0 saturated carbocycles. The summed E-state index contributed by atoms with van der Waals surface area (Å²) in [7, 11) is 0. The second kappa shape index (κ2) is 6.86. The summed E-state index contributed by atoms with van der Waals surface area (Å²) >= 11 is 0. The van der Waals surface area contributed by atoms with E-state index in [9.17, 15) is 14.4 Å². The molecule has 3 aliphatic rings. The standard InChI is InChI=1S/C22H19N3O4/c26-20-14-5-1-3-7-16(14)24-19(20)18-15-6-2-4-8-17(15)25(21(18)27)22(28)23-13-9-11-29-12-10-13/h1-8,13,24H,9-12H2,(H,23,28)/b19-18-. The Balaban J connectivity index is 1.53. The van der Waals surface area contributed by atoms with Gasteiger partial charge in [0, 0.05) is 36.1 Å². The smallest absolute Gasteiger partial charge is 0.329 e. The molecule has 0 spiro atoms. The number of carbonyl (C=O) groups excluding carboxylic acids is 3. The van der Waals surface area contributed by atoms with Crippen molar-refractivity contribution in [3.63, 3.8) is 0 Å². The van der Waals surface area contributed by atoms with Gasteiger partial charge in [-0.1, -0.05) is 30.3 Å². The first-order valence-corrected chi connectivity index (χ1v) is 9.62. The van der Waals surface area contributed by atoms with Gasteiger partial charge in [0.1, 0.15) is 5.70 Å². The molecular formula is C22H19N3O4. The van der Waals surface area contributed by atoms with Crippen LogP contribution in [-0.4, -0.2) is 37.0 Å². The van der Waals surface area contributed by atoms with Gasteiger partial charge in [0.25, 0.3) is 5.91 Å². The molecule has 0 atom stereocenters. The van der Waals surface area contributed by atoms with Crippen LogP contribution in [0.3, 0.4) is 0 Å². The molecule has 0 aromatic heterocycles. The maximum Gasteiger partial charge on any atom is 0.329 e. The van der Waals surface area contributed by atoms with E-state index in [-0.39, 0.29) is 23.1 Å². The summed E-state index contributed by atoms with van der Waals surface area (Å²) in [6, 6.07) is 13.6. The number of hydrogen-bond donors (Lipinski definition) is 2. The highest BCUT2D eigenvalue weighted by atomic mass is 16.5. The number of nitrogens with zero attached hydrogens (tertiary/aromatic N) is 1. The third kappa shape index (κ3) is 2.82. The van der Waals surface area contributed by atoms with Crippen molar-refractivity contribution in [1.29, 1.82) is 0 Å². The zero-order chi connectivity index (χ0) is 20.0. The van der Waals surface area contributed by atoms with Gasteiger partial charge >= 0.3 is 6.03 Å². The van der Waals surface area contributed by atoms with E-state index in [0.717, 1.165) is 4.90 Å². The molecule has 0 bridgehead atoms. The Morgan fingerprint density at radius 1 is 1.00 bits per heavy atom. The Hall–Kier alpha value is -3.45. The van der Waals surface area contributed by atoms with E-state index in [4.69, 9.17) is 4.74 Å². The van der Waals surface area contributed by atoms with Crippen molar-refractivity contribution in [3.8, 4) is 0 Å². The summed E-state index contributed by atoms with van der Waals surface area (Å²) in [6.45, 7) is 1.17. The van der Waals surface area contributed by atoms with Gasteiger partial charge in [-0.3, -0.25) is 9.59 Å². The Morgan fingerprint density at radius 2 is 1.69 bits per heavy atom. The summed E-state index contributed by atoms with van der Waals surface area (Å²) < 4.78 is 5.33. The molecule has 5 rings (SSSR count). The average molecular weight is 389 g/mol. The van der Waals surface area contributed by atoms with Gasteiger partial charge in [-0.05, 0) is 31.0 Å². The van der Waals surface area contributed by atoms with Crippen LogP contribution >= 0.6 is 0 Å². The Labute approximate surface area is 167 Å². The first-order chi connectivity index (χ1) is 14.1. The van der Waals surface area contributed by atoms with Crippen LogP contribution in [0.25, 0.3) is 5.57 Å². The van der Waals surface area contributed by atoms with Crippen molar-refractivity contribution < 1.29 is 19.1 Å². The number of allylic oxidation sites excluding steroid dienone is 1. The summed E-state index contributed by atoms with van der Waals surface area (Å²) in [5.41, 5.74) is 2.67. The SMILES string of the molecule is O=C1/C(=C2/C(=O)N(C(=O)NC3CCOCC3)c3ccccc32)Nc2ccccc21. The number of carbonyl (C=O) groups is 3. The minimum atomic E-state index is -0.501. The van der Waals surface area contributed by atoms with E-state index in [1.165, 1.54) is 0 Å². The lowest BCUT2D eigenvalue weighted by atomic mass is 10.0. The lowest BCUT2D eigenvalue weighted by Crippen LogP contribution is -2.48. The zero-order valence-electron chi connectivity index (χ0n) is 15.6. The molecule has 7 heteroatoms. The molecule has 7 nitrogen and oxygen atoms in total. The van der Waals surface area contributed by atoms with Gasteiger partial charge in [0.2, 0.25) is 5.78 Å². The summed E-state index contributed by atoms with van der Waals surface area (Å²) in [6.07, 6.45) is 1.41. The Bertz CT molecular complexity index is 1070. The van der Waals surface area contributed by atoms with Gasteiger partial charge in [-0.15, -0.1) is 0 Å². The van der Waals surface area contributed by atoms with Gasteiger partial charge < -0.3 is 15.4 Å². The summed E-state index contributed by atoms with van der Waals surface area (Å²) in [4.78, 5) is 40.3. The van der Waals surface area contributed by atoms with Gasteiger partial charge in [-0.25, -0.2) is 9.69 Å². The molecule has 2 aromatic carbocycles. The van der Waals surface area contributed by atoms with E-state index in [1.54, 1.807) is 42.5 Å². The number of fused-ring (bicyclic) bond motifs is 2. The van der Waals surface area contributed by atoms with Crippen molar-refractivity contribution in [2.24, 2.45) is 0 Å². The second-order valence-corrected chi connectivity index (χ2v) is 7.24. The molecule has 2 N–H and O–H groups in total. The fourth-order valence-corrected chi connectivity index (χ4v) is 4.03. The monoisotopic (exact) mass is 389 g/mol. The number of Topliss-reactive ketones (excluding diaryl/α,β-unsaturated/α-hetero) is 1. The number of benzene rings is 2.